The number of nitrogens with zero attached hydrogens (tertiary/aromatic N) is 2. The van der Waals surface area contributed by atoms with Crippen LogP contribution in [0.25, 0.3) is 6.08 Å². The van der Waals surface area contributed by atoms with E-state index in [1.54, 1.807) is 20.3 Å². The lowest BCUT2D eigenvalue weighted by Crippen LogP contribution is -2.43. The number of hydrogen-bond acceptors (Lipinski definition) is 7. The summed E-state index contributed by atoms with van der Waals surface area (Å²) in [5.41, 5.74) is 3.71. The smallest absolute Gasteiger partial charge is 0.331 e. The topological polar surface area (TPSA) is 60.5 Å². The van der Waals surface area contributed by atoms with Crippen LogP contribution in [0.5, 0.6) is 5.75 Å². The van der Waals surface area contributed by atoms with Gasteiger partial charge < -0.3 is 28.7 Å². The highest BCUT2D eigenvalue weighted by Gasteiger charge is 2.36. The number of carbonyl (C=O) groups excluding carboxylic acids is 1. The summed E-state index contributed by atoms with van der Waals surface area (Å²) in [6.45, 7) is 0.835. The molecule has 0 radical (unpaired) electrons. The minimum Gasteiger partial charge on any atom is -0.497 e. The molecule has 1 heterocycles. The zero-order chi connectivity index (χ0) is 34.0. The molecule has 4 unspecified atom stereocenters. The Hall–Kier alpha value is -2.93. The van der Waals surface area contributed by atoms with Crippen molar-refractivity contribution in [1.82, 2.24) is 9.80 Å². The molecule has 4 atom stereocenters. The lowest BCUT2D eigenvalue weighted by atomic mass is 10.1. The fourth-order valence-electron chi connectivity index (χ4n) is 5.17. The third-order valence-electron chi connectivity index (χ3n) is 7.70. The number of methoxy groups -OCH3 is 2. The van der Waals surface area contributed by atoms with E-state index >= 15 is 0 Å². The minimum atomic E-state index is -0.750. The van der Waals surface area contributed by atoms with Gasteiger partial charge in [0, 0.05) is 39.0 Å². The molecule has 0 N–H and O–H groups in total. The first-order valence-corrected chi connectivity index (χ1v) is 18.3. The molecule has 0 bridgehead atoms. The van der Waals surface area contributed by atoms with E-state index in [-0.39, 0.29) is 11.1 Å². The van der Waals surface area contributed by atoms with Gasteiger partial charge in [-0.15, -0.1) is 0 Å². The molecule has 0 saturated heterocycles. The van der Waals surface area contributed by atoms with Crippen molar-refractivity contribution in [3.8, 4) is 5.75 Å². The Morgan fingerprint density at radius 3 is 2.12 bits per heavy atom. The summed E-state index contributed by atoms with van der Waals surface area (Å²) in [6, 6.07) is 31.2. The number of alkyl halides is 1. The maximum absolute atomic E-state index is 13.2. The second-order valence-electron chi connectivity index (χ2n) is 10.9. The average Bonchev–Trinajstić information content (AvgIpc) is 3.59. The first-order valence-electron chi connectivity index (χ1n) is 15.0. The zero-order valence-electron chi connectivity index (χ0n) is 26.2. The highest BCUT2D eigenvalue weighted by Crippen LogP contribution is 2.36. The lowest BCUT2D eigenvalue weighted by Gasteiger charge is -2.36. The molecule has 7 nitrogen and oxygen atoms in total. The Balaban J connectivity index is 1.35. The number of hydrogen-bond donors (Lipinski definition) is 0. The summed E-state index contributed by atoms with van der Waals surface area (Å²) < 4.78 is 27.0. The monoisotopic (exact) mass is 902 g/mol. The van der Waals surface area contributed by atoms with E-state index in [1.165, 1.54) is 6.08 Å². The van der Waals surface area contributed by atoms with Gasteiger partial charge in [-0.05, 0) is 64.7 Å². The standard InChI is InChI=1S/C37H34Br4N2O5/c1-45-31-17-12-27(13-18-31)35(48-33(44)19-8-25-6-4-3-5-7-25)37(46-2)43-21-20-42(24-43)36(41)34(26-9-14-29(38)15-10-26)47-23-28-11-16-30(39)22-32(28)40/h3-22,34-37H,23-24H2,1-2H3/b19-8+. The third-order valence-corrected chi connectivity index (χ3v) is 10.5. The van der Waals surface area contributed by atoms with Gasteiger partial charge in [0.15, 0.2) is 12.3 Å². The van der Waals surface area contributed by atoms with Gasteiger partial charge in [0.2, 0.25) is 0 Å². The number of carbonyl (C=O) groups is 1. The fourth-order valence-corrected chi connectivity index (χ4v) is 7.32. The average molecular weight is 906 g/mol. The second-order valence-corrected chi connectivity index (χ2v) is 14.5. The Morgan fingerprint density at radius 1 is 0.812 bits per heavy atom. The summed E-state index contributed by atoms with van der Waals surface area (Å²) in [4.78, 5) is 17.0. The molecule has 0 aromatic heterocycles. The van der Waals surface area contributed by atoms with Gasteiger partial charge in [0.05, 0.1) is 20.4 Å². The molecular weight excluding hydrogens is 872 g/mol. The van der Waals surface area contributed by atoms with Crippen LogP contribution in [0.15, 0.2) is 129 Å². The van der Waals surface area contributed by atoms with Gasteiger partial charge in [-0.2, -0.15) is 0 Å². The van der Waals surface area contributed by atoms with Crippen molar-refractivity contribution in [3.63, 3.8) is 0 Å². The molecule has 4 aromatic carbocycles. The molecule has 5 rings (SSSR count). The van der Waals surface area contributed by atoms with E-state index in [4.69, 9.17) is 18.9 Å². The van der Waals surface area contributed by atoms with Crippen LogP contribution in [0.4, 0.5) is 0 Å². The Morgan fingerprint density at radius 2 is 1.46 bits per heavy atom. The van der Waals surface area contributed by atoms with Crippen molar-refractivity contribution in [2.24, 2.45) is 0 Å². The normalized spacial score (nSPS) is 15.4. The molecule has 0 spiro atoms. The predicted molar refractivity (Wildman–Crippen MR) is 202 cm³/mol. The fraction of sp³-hybridized carbons (Fsp3) is 0.216. The Bertz CT molecular complexity index is 1700. The highest BCUT2D eigenvalue weighted by atomic mass is 79.9. The number of ether oxygens (including phenoxy) is 4. The van der Waals surface area contributed by atoms with Crippen molar-refractivity contribution >= 4 is 75.8 Å². The van der Waals surface area contributed by atoms with Crippen LogP contribution in [0.1, 0.15) is 34.5 Å². The van der Waals surface area contributed by atoms with Gasteiger partial charge in [-0.25, -0.2) is 4.79 Å². The number of benzene rings is 4. The van der Waals surface area contributed by atoms with E-state index in [9.17, 15) is 4.79 Å². The second kappa shape index (κ2) is 17.6. The quantitative estimate of drug-likeness (QED) is 0.0541. The van der Waals surface area contributed by atoms with Crippen molar-refractivity contribution in [1.29, 1.82) is 0 Å². The van der Waals surface area contributed by atoms with Crippen molar-refractivity contribution < 1.29 is 23.7 Å². The molecule has 48 heavy (non-hydrogen) atoms. The van der Waals surface area contributed by atoms with Crippen LogP contribution in [0.3, 0.4) is 0 Å². The molecule has 250 valence electrons. The summed E-state index contributed by atoms with van der Waals surface area (Å²) in [5.74, 6) is 0.216. The molecule has 0 fully saturated rings. The van der Waals surface area contributed by atoms with Crippen LogP contribution >= 0.6 is 63.7 Å². The molecule has 4 aromatic rings. The minimum absolute atomic E-state index is 0.248. The van der Waals surface area contributed by atoms with E-state index in [0.29, 0.717) is 19.0 Å². The molecule has 1 aliphatic heterocycles. The maximum atomic E-state index is 13.2. The molecule has 0 aliphatic carbocycles. The molecule has 0 saturated carbocycles. The molecule has 1 aliphatic rings. The predicted octanol–water partition coefficient (Wildman–Crippen LogP) is 9.98. The number of esters is 1. The van der Waals surface area contributed by atoms with Crippen LogP contribution in [0, 0.1) is 0 Å². The third kappa shape index (κ3) is 9.61. The van der Waals surface area contributed by atoms with Crippen molar-refractivity contribution in [2.45, 2.75) is 30.0 Å². The van der Waals surface area contributed by atoms with Gasteiger partial charge in [-0.1, -0.05) is 124 Å². The van der Waals surface area contributed by atoms with Gasteiger partial charge >= 0.3 is 5.97 Å². The van der Waals surface area contributed by atoms with Gasteiger partial charge in [0.1, 0.15) is 16.8 Å². The maximum Gasteiger partial charge on any atom is 0.331 e. The van der Waals surface area contributed by atoms with Crippen molar-refractivity contribution in [2.75, 3.05) is 20.9 Å². The van der Waals surface area contributed by atoms with Crippen LogP contribution in [-0.4, -0.2) is 47.8 Å². The van der Waals surface area contributed by atoms with E-state index in [1.807, 2.05) is 102 Å². The summed E-state index contributed by atoms with van der Waals surface area (Å²) in [6.07, 6.45) is 5.37. The number of rotatable bonds is 14. The SMILES string of the molecule is COc1ccc(C(OC(=O)/C=C/c2ccccc2)C(OC)N2C=CN(C(Br)C(OCc3ccc(Br)cc3Br)c3ccc(Br)cc3)C2)cc1. The van der Waals surface area contributed by atoms with Crippen LogP contribution < -0.4 is 4.74 Å². The summed E-state index contributed by atoms with van der Waals surface area (Å²) in [5, 5.41) is 0. The molecule has 11 heteroatoms. The van der Waals surface area contributed by atoms with Crippen LogP contribution in [0.2, 0.25) is 0 Å². The molecule has 0 amide bonds. The van der Waals surface area contributed by atoms with Crippen LogP contribution in [-0.2, 0) is 25.6 Å². The first kappa shape index (κ1) is 36.4. The van der Waals surface area contributed by atoms with E-state index < -0.39 is 18.3 Å². The summed E-state index contributed by atoms with van der Waals surface area (Å²) >= 11 is 14.7. The highest BCUT2D eigenvalue weighted by molar-refractivity contribution is 9.11. The molecular formula is C37H34Br4N2O5. The largest absolute Gasteiger partial charge is 0.497 e. The van der Waals surface area contributed by atoms with E-state index in [2.05, 4.69) is 80.8 Å². The van der Waals surface area contributed by atoms with Crippen molar-refractivity contribution in [3.05, 3.63) is 151 Å². The van der Waals surface area contributed by atoms with Gasteiger partial charge in [-0.3, -0.25) is 0 Å². The Kier molecular flexibility index (Phi) is 13.4. The summed E-state index contributed by atoms with van der Waals surface area (Å²) in [7, 11) is 3.23. The van der Waals surface area contributed by atoms with E-state index in [0.717, 1.165) is 35.7 Å². The number of halogens is 4. The Labute approximate surface area is 315 Å². The van der Waals surface area contributed by atoms with Gasteiger partial charge in [0.25, 0.3) is 0 Å². The lowest BCUT2D eigenvalue weighted by molar-refractivity contribution is -0.162. The first-order chi connectivity index (χ1) is 23.2. The zero-order valence-corrected chi connectivity index (χ0v) is 32.6.